The third-order valence-electron chi connectivity index (χ3n) is 5.09. The van der Waals surface area contributed by atoms with Crippen molar-refractivity contribution in [3.8, 4) is 0 Å². The normalized spacial score (nSPS) is 22.5. The number of aliphatic carboxylic acids is 1. The summed E-state index contributed by atoms with van der Waals surface area (Å²) in [6.45, 7) is 2.81. The molecular formula is C22H19FN2O2. The van der Waals surface area contributed by atoms with Gasteiger partial charge in [-0.05, 0) is 24.6 Å². The van der Waals surface area contributed by atoms with Gasteiger partial charge in [0, 0.05) is 40.8 Å². The molecule has 0 spiro atoms. The van der Waals surface area contributed by atoms with E-state index in [0.717, 1.165) is 17.8 Å². The molecule has 136 valence electrons. The number of rotatable bonds is 4. The SMILES string of the molecule is CCN1C=CC(=C(N)C2=C(C(=O)O)C2(F)c2ccccc2)c2ccccc21. The molecule has 1 atom stereocenters. The molecule has 4 rings (SSSR count). The van der Waals surface area contributed by atoms with Gasteiger partial charge < -0.3 is 15.7 Å². The second kappa shape index (κ2) is 6.13. The molecule has 3 N–H and O–H groups in total. The number of alkyl halides is 1. The van der Waals surface area contributed by atoms with Crippen molar-refractivity contribution in [2.24, 2.45) is 5.73 Å². The molecule has 2 aromatic carbocycles. The summed E-state index contributed by atoms with van der Waals surface area (Å²) in [6.07, 6.45) is 3.70. The van der Waals surface area contributed by atoms with Crippen molar-refractivity contribution in [2.75, 3.05) is 11.4 Å². The number of para-hydroxylation sites is 1. The highest BCUT2D eigenvalue weighted by Gasteiger charge is 2.61. The second-order valence-electron chi connectivity index (χ2n) is 6.53. The Morgan fingerprint density at radius 3 is 2.44 bits per heavy atom. The van der Waals surface area contributed by atoms with Crippen LogP contribution in [0, 0.1) is 0 Å². The Balaban J connectivity index is 1.87. The summed E-state index contributed by atoms with van der Waals surface area (Å²) in [7, 11) is 0. The minimum absolute atomic E-state index is 0.0422. The van der Waals surface area contributed by atoms with Crippen LogP contribution >= 0.6 is 0 Å². The molecule has 0 aromatic heterocycles. The van der Waals surface area contributed by atoms with Crippen LogP contribution in [0.2, 0.25) is 0 Å². The fourth-order valence-electron chi connectivity index (χ4n) is 3.72. The quantitative estimate of drug-likeness (QED) is 0.864. The molecule has 1 aliphatic carbocycles. The molecule has 0 bridgehead atoms. The first kappa shape index (κ1) is 17.1. The molecule has 0 fully saturated rings. The number of hydrogen-bond acceptors (Lipinski definition) is 3. The monoisotopic (exact) mass is 362 g/mol. The number of halogens is 1. The van der Waals surface area contributed by atoms with Crippen LogP contribution in [-0.2, 0) is 10.5 Å². The molecule has 2 aromatic rings. The fourth-order valence-corrected chi connectivity index (χ4v) is 3.72. The summed E-state index contributed by atoms with van der Waals surface area (Å²) in [5.41, 5.74) is 6.85. The number of benzene rings is 2. The van der Waals surface area contributed by atoms with E-state index in [0.29, 0.717) is 5.57 Å². The maximum absolute atomic E-state index is 15.7. The van der Waals surface area contributed by atoms with Crippen molar-refractivity contribution in [1.82, 2.24) is 0 Å². The van der Waals surface area contributed by atoms with Crippen LogP contribution in [0.15, 0.2) is 83.7 Å². The van der Waals surface area contributed by atoms with E-state index in [1.165, 1.54) is 0 Å². The van der Waals surface area contributed by atoms with Crippen LogP contribution in [0.3, 0.4) is 0 Å². The molecule has 1 heterocycles. The Hall–Kier alpha value is -3.34. The number of hydrogen-bond donors (Lipinski definition) is 2. The van der Waals surface area contributed by atoms with E-state index in [2.05, 4.69) is 4.90 Å². The summed E-state index contributed by atoms with van der Waals surface area (Å²) in [6, 6.07) is 16.0. The topological polar surface area (TPSA) is 66.6 Å². The van der Waals surface area contributed by atoms with E-state index < -0.39 is 11.6 Å². The largest absolute Gasteiger partial charge is 0.478 e. The van der Waals surface area contributed by atoms with Gasteiger partial charge in [0.25, 0.3) is 0 Å². The summed E-state index contributed by atoms with van der Waals surface area (Å²) < 4.78 is 15.7. The summed E-state index contributed by atoms with van der Waals surface area (Å²) in [5.74, 6) is -1.29. The standard InChI is InChI=1S/C22H19FN2O2/c1-2-25-13-12-16(15-10-6-7-11-17(15)25)20(24)18-19(21(26)27)22(18,23)14-8-4-3-5-9-14/h3-13H,2,24H2,1H3,(H,26,27). The van der Waals surface area contributed by atoms with Crippen LogP contribution in [0.5, 0.6) is 0 Å². The highest BCUT2D eigenvalue weighted by molar-refractivity contribution is 6.03. The van der Waals surface area contributed by atoms with E-state index in [9.17, 15) is 9.90 Å². The van der Waals surface area contributed by atoms with Gasteiger partial charge in [0.05, 0.1) is 5.57 Å². The number of carboxylic acid groups (broad SMARTS) is 1. The van der Waals surface area contributed by atoms with Gasteiger partial charge in [-0.1, -0.05) is 48.5 Å². The van der Waals surface area contributed by atoms with Gasteiger partial charge >= 0.3 is 5.97 Å². The molecule has 1 unspecified atom stereocenters. The maximum Gasteiger partial charge on any atom is 0.336 e. The van der Waals surface area contributed by atoms with Crippen LogP contribution < -0.4 is 10.6 Å². The van der Waals surface area contributed by atoms with Gasteiger partial charge in [0.1, 0.15) is 0 Å². The van der Waals surface area contributed by atoms with Gasteiger partial charge in [0.15, 0.2) is 5.67 Å². The first-order valence-electron chi connectivity index (χ1n) is 8.77. The van der Waals surface area contributed by atoms with Crippen molar-refractivity contribution < 1.29 is 14.3 Å². The molecule has 4 nitrogen and oxygen atoms in total. The Morgan fingerprint density at radius 1 is 1.11 bits per heavy atom. The van der Waals surface area contributed by atoms with Gasteiger partial charge in [0.2, 0.25) is 0 Å². The number of carbonyl (C=O) groups is 1. The predicted octanol–water partition coefficient (Wildman–Crippen LogP) is 3.97. The van der Waals surface area contributed by atoms with Gasteiger partial charge in [-0.2, -0.15) is 0 Å². The first-order valence-corrected chi connectivity index (χ1v) is 8.77. The van der Waals surface area contributed by atoms with Crippen LogP contribution in [-0.4, -0.2) is 17.6 Å². The molecule has 0 saturated heterocycles. The number of allylic oxidation sites excluding steroid dienone is 3. The van der Waals surface area contributed by atoms with Crippen LogP contribution in [0.1, 0.15) is 18.1 Å². The Kier molecular flexibility index (Phi) is 3.88. The molecule has 0 radical (unpaired) electrons. The Labute approximate surface area is 156 Å². The van der Waals surface area contributed by atoms with E-state index in [4.69, 9.17) is 5.73 Å². The van der Waals surface area contributed by atoms with Gasteiger partial charge in [-0.15, -0.1) is 0 Å². The smallest absolute Gasteiger partial charge is 0.336 e. The molecular weight excluding hydrogens is 343 g/mol. The van der Waals surface area contributed by atoms with E-state index in [1.54, 1.807) is 30.3 Å². The fraction of sp³-hybridized carbons (Fsp3) is 0.136. The van der Waals surface area contributed by atoms with Crippen molar-refractivity contribution in [3.63, 3.8) is 0 Å². The predicted molar refractivity (Wildman–Crippen MR) is 104 cm³/mol. The highest BCUT2D eigenvalue weighted by atomic mass is 19.1. The zero-order valence-electron chi connectivity index (χ0n) is 14.8. The molecule has 2 aliphatic rings. The van der Waals surface area contributed by atoms with Crippen molar-refractivity contribution in [2.45, 2.75) is 12.6 Å². The Bertz CT molecular complexity index is 1020. The molecule has 1 aliphatic heterocycles. The lowest BCUT2D eigenvalue weighted by atomic mass is 9.95. The maximum atomic E-state index is 15.7. The molecule has 5 heteroatoms. The zero-order chi connectivity index (χ0) is 19.2. The summed E-state index contributed by atoms with van der Waals surface area (Å²) >= 11 is 0. The molecule has 27 heavy (non-hydrogen) atoms. The lowest BCUT2D eigenvalue weighted by Crippen LogP contribution is -2.20. The number of carboxylic acids is 1. The van der Waals surface area contributed by atoms with E-state index >= 15 is 4.39 Å². The lowest BCUT2D eigenvalue weighted by molar-refractivity contribution is -0.132. The van der Waals surface area contributed by atoms with Crippen molar-refractivity contribution in [3.05, 3.63) is 94.8 Å². The first-order chi connectivity index (χ1) is 13.0. The molecule has 0 amide bonds. The number of anilines is 1. The zero-order valence-corrected chi connectivity index (χ0v) is 14.8. The average molecular weight is 362 g/mol. The van der Waals surface area contributed by atoms with Gasteiger partial charge in [-0.25, -0.2) is 9.18 Å². The Morgan fingerprint density at radius 2 is 1.78 bits per heavy atom. The average Bonchev–Trinajstić information content (AvgIpc) is 3.35. The number of fused-ring (bicyclic) bond motifs is 1. The van der Waals surface area contributed by atoms with Crippen molar-refractivity contribution >= 4 is 17.2 Å². The third-order valence-corrected chi connectivity index (χ3v) is 5.09. The van der Waals surface area contributed by atoms with Crippen LogP contribution in [0.4, 0.5) is 10.1 Å². The minimum atomic E-state index is -2.16. The van der Waals surface area contributed by atoms with Crippen molar-refractivity contribution in [1.29, 1.82) is 0 Å². The number of nitrogens with zero attached hydrogens (tertiary/aromatic N) is 1. The van der Waals surface area contributed by atoms with E-state index in [-0.39, 0.29) is 22.4 Å². The lowest BCUT2D eigenvalue weighted by Gasteiger charge is -2.27. The summed E-state index contributed by atoms with van der Waals surface area (Å²) in [4.78, 5) is 13.8. The molecule has 0 saturated carbocycles. The van der Waals surface area contributed by atoms with E-state index in [1.807, 2.05) is 43.5 Å². The van der Waals surface area contributed by atoms with Gasteiger partial charge in [-0.3, -0.25) is 0 Å². The highest BCUT2D eigenvalue weighted by Crippen LogP contribution is 2.59. The second-order valence-corrected chi connectivity index (χ2v) is 6.53. The van der Waals surface area contributed by atoms with Crippen LogP contribution in [0.25, 0.3) is 5.57 Å². The number of nitrogens with two attached hydrogens (primary N) is 1. The third kappa shape index (κ3) is 2.46. The minimum Gasteiger partial charge on any atom is -0.478 e. The summed E-state index contributed by atoms with van der Waals surface area (Å²) in [5, 5.41) is 9.54.